The molecule has 0 aliphatic rings. The Balaban J connectivity index is 3.42. The maximum atomic E-state index is 2.41. The van der Waals surface area contributed by atoms with Crippen LogP contribution in [-0.4, -0.2) is 0 Å². The smallest absolute Gasteiger partial charge is 0.0383 e. The lowest BCUT2D eigenvalue weighted by Gasteiger charge is -2.21. The number of rotatable bonds is 6. The minimum absolute atomic E-state index is 0.520. The van der Waals surface area contributed by atoms with Crippen LogP contribution in [0.25, 0.3) is 0 Å². The van der Waals surface area contributed by atoms with Gasteiger partial charge in [0.2, 0.25) is 0 Å². The topological polar surface area (TPSA) is 0 Å². The molecule has 14 heavy (non-hydrogen) atoms. The third-order valence-electron chi connectivity index (χ3n) is 2.87. The van der Waals surface area contributed by atoms with Gasteiger partial charge in [-0.15, -0.1) is 0 Å². The zero-order chi connectivity index (χ0) is 11.2. The standard InChI is InChI=1S/C14H30/c1-12(2)8-7-9-13(3)10-11-14(4,5)6/h12-13H,7-11H2,1-6H3. The first-order valence-corrected chi connectivity index (χ1v) is 6.31. The molecular formula is C14H30. The second-order valence-electron chi connectivity index (χ2n) is 6.53. The molecule has 86 valence electrons. The number of hydrogen-bond acceptors (Lipinski definition) is 0. The Morgan fingerprint density at radius 1 is 0.857 bits per heavy atom. The second kappa shape index (κ2) is 6.48. The summed E-state index contributed by atoms with van der Waals surface area (Å²) in [4.78, 5) is 0. The van der Waals surface area contributed by atoms with Crippen molar-refractivity contribution in [1.82, 2.24) is 0 Å². The fourth-order valence-corrected chi connectivity index (χ4v) is 1.70. The van der Waals surface area contributed by atoms with Crippen molar-refractivity contribution in [3.8, 4) is 0 Å². The molecule has 0 fully saturated rings. The van der Waals surface area contributed by atoms with Crippen LogP contribution in [0.4, 0.5) is 0 Å². The lowest BCUT2D eigenvalue weighted by atomic mass is 9.85. The Morgan fingerprint density at radius 2 is 1.43 bits per heavy atom. The summed E-state index contributed by atoms with van der Waals surface area (Å²) in [7, 11) is 0. The van der Waals surface area contributed by atoms with Crippen LogP contribution >= 0.6 is 0 Å². The molecule has 0 rings (SSSR count). The molecule has 0 spiro atoms. The van der Waals surface area contributed by atoms with E-state index in [0.29, 0.717) is 5.41 Å². The molecular weight excluding hydrogens is 168 g/mol. The first kappa shape index (κ1) is 14.0. The summed E-state index contributed by atoms with van der Waals surface area (Å²) in [5.41, 5.74) is 0.520. The Hall–Kier alpha value is 0. The van der Waals surface area contributed by atoms with Crippen LogP contribution in [0.5, 0.6) is 0 Å². The van der Waals surface area contributed by atoms with E-state index in [1.165, 1.54) is 32.1 Å². The van der Waals surface area contributed by atoms with E-state index in [0.717, 1.165) is 11.8 Å². The van der Waals surface area contributed by atoms with E-state index in [2.05, 4.69) is 41.5 Å². The van der Waals surface area contributed by atoms with Gasteiger partial charge in [0.25, 0.3) is 0 Å². The Morgan fingerprint density at radius 3 is 1.86 bits per heavy atom. The predicted molar refractivity (Wildman–Crippen MR) is 66.5 cm³/mol. The third kappa shape index (κ3) is 10.1. The van der Waals surface area contributed by atoms with Crippen molar-refractivity contribution in [2.45, 2.75) is 73.6 Å². The summed E-state index contributed by atoms with van der Waals surface area (Å²) in [5.74, 6) is 1.80. The molecule has 0 amide bonds. The van der Waals surface area contributed by atoms with Gasteiger partial charge in [-0.05, 0) is 23.7 Å². The highest BCUT2D eigenvalue weighted by molar-refractivity contribution is 4.64. The van der Waals surface area contributed by atoms with E-state index in [1.54, 1.807) is 0 Å². The van der Waals surface area contributed by atoms with E-state index in [4.69, 9.17) is 0 Å². The van der Waals surface area contributed by atoms with E-state index < -0.39 is 0 Å². The van der Waals surface area contributed by atoms with Gasteiger partial charge < -0.3 is 0 Å². The van der Waals surface area contributed by atoms with Crippen LogP contribution in [0.1, 0.15) is 73.6 Å². The van der Waals surface area contributed by atoms with E-state index in [1.807, 2.05) is 0 Å². The van der Waals surface area contributed by atoms with Crippen LogP contribution in [-0.2, 0) is 0 Å². The van der Waals surface area contributed by atoms with Crippen molar-refractivity contribution in [3.05, 3.63) is 0 Å². The van der Waals surface area contributed by atoms with E-state index in [9.17, 15) is 0 Å². The third-order valence-corrected chi connectivity index (χ3v) is 2.87. The molecule has 0 aromatic rings. The van der Waals surface area contributed by atoms with Gasteiger partial charge in [-0.1, -0.05) is 67.2 Å². The molecule has 0 N–H and O–H groups in total. The summed E-state index contributed by atoms with van der Waals surface area (Å²) >= 11 is 0. The van der Waals surface area contributed by atoms with Crippen LogP contribution in [0.15, 0.2) is 0 Å². The average molecular weight is 198 g/mol. The van der Waals surface area contributed by atoms with Crippen molar-refractivity contribution in [1.29, 1.82) is 0 Å². The summed E-state index contributed by atoms with van der Waals surface area (Å²) in [6.07, 6.45) is 7.02. The van der Waals surface area contributed by atoms with Crippen molar-refractivity contribution in [2.75, 3.05) is 0 Å². The fourth-order valence-electron chi connectivity index (χ4n) is 1.70. The van der Waals surface area contributed by atoms with Crippen molar-refractivity contribution in [2.24, 2.45) is 17.3 Å². The van der Waals surface area contributed by atoms with Crippen LogP contribution in [0, 0.1) is 17.3 Å². The highest BCUT2D eigenvalue weighted by Crippen LogP contribution is 2.25. The Kier molecular flexibility index (Phi) is 6.48. The lowest BCUT2D eigenvalue weighted by molar-refractivity contribution is 0.317. The van der Waals surface area contributed by atoms with Crippen molar-refractivity contribution in [3.63, 3.8) is 0 Å². The molecule has 0 saturated carbocycles. The van der Waals surface area contributed by atoms with Crippen LogP contribution in [0.2, 0.25) is 0 Å². The molecule has 0 saturated heterocycles. The first-order chi connectivity index (χ1) is 6.31. The van der Waals surface area contributed by atoms with Gasteiger partial charge in [0, 0.05) is 0 Å². The summed E-state index contributed by atoms with van der Waals surface area (Å²) in [6, 6.07) is 0. The van der Waals surface area contributed by atoms with Gasteiger partial charge in [0.1, 0.15) is 0 Å². The average Bonchev–Trinajstić information content (AvgIpc) is 1.99. The molecule has 0 radical (unpaired) electrons. The second-order valence-corrected chi connectivity index (χ2v) is 6.53. The van der Waals surface area contributed by atoms with E-state index >= 15 is 0 Å². The molecule has 1 unspecified atom stereocenters. The molecule has 1 atom stereocenters. The zero-order valence-electron chi connectivity index (χ0n) is 11.2. The SMILES string of the molecule is CC(C)CCCC(C)CCC(C)(C)C. The summed E-state index contributed by atoms with van der Waals surface area (Å²) in [5, 5.41) is 0. The van der Waals surface area contributed by atoms with Crippen LogP contribution < -0.4 is 0 Å². The maximum Gasteiger partial charge on any atom is -0.0383 e. The minimum atomic E-state index is 0.520. The fraction of sp³-hybridized carbons (Fsp3) is 1.00. The van der Waals surface area contributed by atoms with Crippen LogP contribution in [0.3, 0.4) is 0 Å². The highest BCUT2D eigenvalue weighted by Gasteiger charge is 2.12. The normalized spacial score (nSPS) is 14.8. The highest BCUT2D eigenvalue weighted by atomic mass is 14.2. The summed E-state index contributed by atoms with van der Waals surface area (Å²) in [6.45, 7) is 14.1. The largest absolute Gasteiger partial charge is 0.0628 e. The quantitative estimate of drug-likeness (QED) is 0.545. The van der Waals surface area contributed by atoms with Gasteiger partial charge in [-0.25, -0.2) is 0 Å². The Bertz CT molecular complexity index is 127. The number of hydrogen-bond donors (Lipinski definition) is 0. The lowest BCUT2D eigenvalue weighted by Crippen LogP contribution is -2.07. The molecule has 0 heterocycles. The van der Waals surface area contributed by atoms with Gasteiger partial charge in [-0.2, -0.15) is 0 Å². The Labute approximate surface area is 91.5 Å². The van der Waals surface area contributed by atoms with E-state index in [-0.39, 0.29) is 0 Å². The van der Waals surface area contributed by atoms with Crippen molar-refractivity contribution < 1.29 is 0 Å². The van der Waals surface area contributed by atoms with Gasteiger partial charge in [0.05, 0.1) is 0 Å². The predicted octanol–water partition coefficient (Wildman–Crippen LogP) is 5.28. The molecule has 0 bridgehead atoms. The molecule has 0 nitrogen and oxygen atoms in total. The van der Waals surface area contributed by atoms with Gasteiger partial charge in [0.15, 0.2) is 0 Å². The monoisotopic (exact) mass is 198 g/mol. The van der Waals surface area contributed by atoms with Crippen molar-refractivity contribution >= 4 is 0 Å². The summed E-state index contributed by atoms with van der Waals surface area (Å²) < 4.78 is 0. The maximum absolute atomic E-state index is 2.41. The molecule has 0 heteroatoms. The molecule has 0 aromatic carbocycles. The molecule has 0 aliphatic carbocycles. The molecule has 0 aromatic heterocycles. The van der Waals surface area contributed by atoms with Gasteiger partial charge in [-0.3, -0.25) is 0 Å². The van der Waals surface area contributed by atoms with Gasteiger partial charge >= 0.3 is 0 Å². The first-order valence-electron chi connectivity index (χ1n) is 6.31. The molecule has 0 aliphatic heterocycles. The zero-order valence-corrected chi connectivity index (χ0v) is 11.2. The minimum Gasteiger partial charge on any atom is -0.0628 e.